The first-order valence-corrected chi connectivity index (χ1v) is 12.6. The van der Waals surface area contributed by atoms with E-state index >= 15 is 0 Å². The molecule has 0 saturated carbocycles. The molecule has 0 spiro atoms. The maximum atomic E-state index is 13.1. The maximum Gasteiger partial charge on any atom is 0.257 e. The number of carbonyl (C=O) groups is 1. The number of sulfonamides is 2. The van der Waals surface area contributed by atoms with E-state index in [-0.39, 0.29) is 28.0 Å². The lowest BCUT2D eigenvalue weighted by Gasteiger charge is -2.24. The van der Waals surface area contributed by atoms with Crippen molar-refractivity contribution in [3.8, 4) is 0 Å². The highest BCUT2D eigenvalue weighted by atomic mass is 32.2. The number of thiol groups is 1. The minimum Gasteiger partial charge on any atom is -0.276 e. The second-order valence-electron chi connectivity index (χ2n) is 7.15. The van der Waals surface area contributed by atoms with Crippen LogP contribution in [0.4, 0.5) is 0 Å². The number of hydrogen-bond acceptors (Lipinski definition) is 6. The van der Waals surface area contributed by atoms with Crippen LogP contribution in [0.15, 0.2) is 58.3 Å². The molecule has 30 heavy (non-hydrogen) atoms. The van der Waals surface area contributed by atoms with Gasteiger partial charge in [0.15, 0.2) is 0 Å². The molecule has 162 valence electrons. The van der Waals surface area contributed by atoms with E-state index in [1.165, 1.54) is 18.2 Å². The predicted molar refractivity (Wildman–Crippen MR) is 116 cm³/mol. The Morgan fingerprint density at radius 3 is 2.30 bits per heavy atom. The highest BCUT2D eigenvalue weighted by Crippen LogP contribution is 2.30. The fourth-order valence-electron chi connectivity index (χ4n) is 3.24. The molecule has 3 rings (SSSR count). The van der Waals surface area contributed by atoms with E-state index < -0.39 is 32.0 Å². The number of benzene rings is 2. The Hall–Kier alpha value is -1.92. The van der Waals surface area contributed by atoms with Crippen molar-refractivity contribution < 1.29 is 21.6 Å². The summed E-state index contributed by atoms with van der Waals surface area (Å²) >= 11 is 4.34. The van der Waals surface area contributed by atoms with Crippen molar-refractivity contribution in [1.82, 2.24) is 14.6 Å². The summed E-state index contributed by atoms with van der Waals surface area (Å²) in [6.45, 7) is 3.54. The third kappa shape index (κ3) is 4.70. The van der Waals surface area contributed by atoms with Gasteiger partial charge in [-0.1, -0.05) is 35.9 Å². The van der Waals surface area contributed by atoms with Crippen molar-refractivity contribution in [1.29, 1.82) is 0 Å². The van der Waals surface area contributed by atoms with E-state index in [9.17, 15) is 21.6 Å². The van der Waals surface area contributed by atoms with Gasteiger partial charge in [0.2, 0.25) is 10.0 Å². The van der Waals surface area contributed by atoms with E-state index in [2.05, 4.69) is 18.1 Å². The molecule has 1 fully saturated rings. The third-order valence-corrected chi connectivity index (χ3v) is 8.53. The van der Waals surface area contributed by atoms with Crippen LogP contribution in [0.1, 0.15) is 17.5 Å². The average Bonchev–Trinajstić information content (AvgIpc) is 3.09. The number of nitrogens with one attached hydrogen (secondary N) is 2. The van der Waals surface area contributed by atoms with Gasteiger partial charge in [-0.3, -0.25) is 10.2 Å². The molecule has 0 unspecified atom stereocenters. The van der Waals surface area contributed by atoms with Crippen molar-refractivity contribution in [2.24, 2.45) is 0 Å². The number of hydrogen-bond donors (Lipinski definition) is 3. The Kier molecular flexibility index (Phi) is 6.58. The SMILES string of the molecule is Cc1ccc(S(=O)(=O)NNC(=O)[C@@H]2C[C@@H](S)CN2S(=O)(=O)c2ccccc2C)cc1. The maximum absolute atomic E-state index is 13.1. The molecule has 2 aromatic rings. The third-order valence-electron chi connectivity index (χ3n) is 4.86. The van der Waals surface area contributed by atoms with Crippen LogP contribution in [-0.4, -0.2) is 44.9 Å². The Morgan fingerprint density at radius 1 is 1.03 bits per heavy atom. The highest BCUT2D eigenvalue weighted by Gasteiger charge is 2.43. The van der Waals surface area contributed by atoms with Gasteiger partial charge in [-0.05, 0) is 44.0 Å². The lowest BCUT2D eigenvalue weighted by molar-refractivity contribution is -0.124. The Bertz CT molecular complexity index is 1150. The average molecular weight is 470 g/mol. The number of nitrogens with zero attached hydrogens (tertiary/aromatic N) is 1. The van der Waals surface area contributed by atoms with Gasteiger partial charge in [0.25, 0.3) is 15.9 Å². The van der Waals surface area contributed by atoms with E-state index in [0.29, 0.717) is 5.56 Å². The van der Waals surface area contributed by atoms with Crippen molar-refractivity contribution in [2.75, 3.05) is 6.54 Å². The number of aryl methyl sites for hydroxylation is 2. The van der Waals surface area contributed by atoms with Crippen molar-refractivity contribution >= 4 is 38.6 Å². The summed E-state index contributed by atoms with van der Waals surface area (Å²) in [7, 11) is -7.96. The molecule has 1 aliphatic heterocycles. The van der Waals surface area contributed by atoms with Gasteiger partial charge < -0.3 is 0 Å². The summed E-state index contributed by atoms with van der Waals surface area (Å²) in [6, 6.07) is 11.5. The van der Waals surface area contributed by atoms with E-state index in [1.807, 2.05) is 11.8 Å². The second-order valence-corrected chi connectivity index (χ2v) is 11.4. The zero-order valence-corrected chi connectivity index (χ0v) is 19.0. The number of carbonyl (C=O) groups excluding carboxylic acids is 1. The van der Waals surface area contributed by atoms with Gasteiger partial charge in [-0.2, -0.15) is 16.9 Å². The lowest BCUT2D eigenvalue weighted by Crippen LogP contribution is -2.51. The quantitative estimate of drug-likeness (QED) is 0.437. The normalized spacial score (nSPS) is 20.2. The van der Waals surface area contributed by atoms with Crippen LogP contribution < -0.4 is 10.3 Å². The standard InChI is InChI=1S/C19H23N3O5S3/c1-13-7-9-16(10-8-13)29(24,25)21-20-19(23)17-11-15(28)12-22(17)30(26,27)18-6-4-3-5-14(18)2/h3-10,15,17,21,28H,11-12H2,1-2H3,(H,20,23)/t15-,17+/m1/s1. The summed E-state index contributed by atoms with van der Waals surface area (Å²) in [5, 5.41) is -0.353. The van der Waals surface area contributed by atoms with Gasteiger partial charge in [0.1, 0.15) is 6.04 Å². The Morgan fingerprint density at radius 2 is 1.67 bits per heavy atom. The Labute approximate surface area is 182 Å². The zero-order valence-electron chi connectivity index (χ0n) is 16.4. The molecule has 2 atom stereocenters. The van der Waals surface area contributed by atoms with Gasteiger partial charge in [0.05, 0.1) is 9.79 Å². The van der Waals surface area contributed by atoms with Crippen LogP contribution in [0.5, 0.6) is 0 Å². The van der Waals surface area contributed by atoms with Crippen molar-refractivity contribution in [3.63, 3.8) is 0 Å². The van der Waals surface area contributed by atoms with Gasteiger partial charge in [0, 0.05) is 11.8 Å². The molecule has 8 nitrogen and oxygen atoms in total. The molecular weight excluding hydrogens is 446 g/mol. The molecule has 0 aromatic heterocycles. The number of amides is 1. The van der Waals surface area contributed by atoms with Crippen LogP contribution in [-0.2, 0) is 24.8 Å². The molecule has 1 amide bonds. The highest BCUT2D eigenvalue weighted by molar-refractivity contribution is 7.89. The molecule has 1 heterocycles. The summed E-state index contributed by atoms with van der Waals surface area (Å²) in [5.41, 5.74) is 3.59. The molecule has 0 radical (unpaired) electrons. The van der Waals surface area contributed by atoms with Crippen LogP contribution in [0.2, 0.25) is 0 Å². The second kappa shape index (κ2) is 8.67. The van der Waals surface area contributed by atoms with Gasteiger partial charge in [-0.25, -0.2) is 16.8 Å². The van der Waals surface area contributed by atoms with Crippen LogP contribution >= 0.6 is 12.6 Å². The van der Waals surface area contributed by atoms with Crippen LogP contribution in [0.25, 0.3) is 0 Å². The Balaban J connectivity index is 1.79. The first-order chi connectivity index (χ1) is 14.0. The smallest absolute Gasteiger partial charge is 0.257 e. The van der Waals surface area contributed by atoms with Crippen molar-refractivity contribution in [2.45, 2.75) is 41.4 Å². The molecule has 2 N–H and O–H groups in total. The first-order valence-electron chi connectivity index (χ1n) is 9.16. The molecule has 0 aliphatic carbocycles. The van der Waals surface area contributed by atoms with Gasteiger partial charge >= 0.3 is 0 Å². The molecular formula is C19H23N3O5S3. The van der Waals surface area contributed by atoms with Crippen molar-refractivity contribution in [3.05, 3.63) is 59.7 Å². The largest absolute Gasteiger partial charge is 0.276 e. The summed E-state index contributed by atoms with van der Waals surface area (Å²) in [4.78, 5) is 14.8. The fraction of sp³-hybridized carbons (Fsp3) is 0.316. The zero-order chi connectivity index (χ0) is 22.1. The molecule has 1 aliphatic rings. The molecule has 1 saturated heterocycles. The van der Waals surface area contributed by atoms with Gasteiger partial charge in [-0.15, -0.1) is 4.83 Å². The minimum atomic E-state index is -4.00. The predicted octanol–water partition coefficient (Wildman–Crippen LogP) is 1.37. The van der Waals surface area contributed by atoms with E-state index in [0.717, 1.165) is 9.87 Å². The summed E-state index contributed by atoms with van der Waals surface area (Å²) in [5.74, 6) is -0.764. The van der Waals surface area contributed by atoms with Crippen LogP contribution in [0.3, 0.4) is 0 Å². The first kappa shape index (κ1) is 22.8. The van der Waals surface area contributed by atoms with E-state index in [1.54, 1.807) is 37.3 Å². The number of rotatable bonds is 6. The topological polar surface area (TPSA) is 113 Å². The molecule has 2 aromatic carbocycles. The fourth-order valence-corrected chi connectivity index (χ4v) is 6.44. The van der Waals surface area contributed by atoms with Crippen LogP contribution in [0, 0.1) is 13.8 Å². The molecule has 11 heteroatoms. The monoisotopic (exact) mass is 469 g/mol. The number of hydrazine groups is 1. The minimum absolute atomic E-state index is 0.0173. The summed E-state index contributed by atoms with van der Waals surface area (Å²) < 4.78 is 52.2. The lowest BCUT2D eigenvalue weighted by atomic mass is 10.2. The van der Waals surface area contributed by atoms with E-state index in [4.69, 9.17) is 0 Å². The summed E-state index contributed by atoms with van der Waals surface area (Å²) in [6.07, 6.45) is 0.159. The molecule has 0 bridgehead atoms.